The number of rotatable bonds is 16. The summed E-state index contributed by atoms with van der Waals surface area (Å²) in [5, 5.41) is 8.64. The Morgan fingerprint density at radius 1 is 0.630 bits per heavy atom. The molecule has 0 spiro atoms. The van der Waals surface area contributed by atoms with Crippen molar-refractivity contribution in [3.63, 3.8) is 0 Å². The summed E-state index contributed by atoms with van der Waals surface area (Å²) in [6.07, 6.45) is 19.2. The topological polar surface area (TPSA) is 104 Å². The van der Waals surface area contributed by atoms with E-state index in [2.05, 4.69) is 11.2 Å². The van der Waals surface area contributed by atoms with Crippen LogP contribution in [0.1, 0.15) is 101 Å². The third kappa shape index (κ3) is 48.0. The van der Waals surface area contributed by atoms with E-state index in [0.717, 1.165) is 6.42 Å². The van der Waals surface area contributed by atoms with Crippen LogP contribution in [0, 0.1) is 0 Å². The third-order valence-corrected chi connectivity index (χ3v) is 4.77. The van der Waals surface area contributed by atoms with E-state index in [1.54, 1.807) is 0 Å². The summed E-state index contributed by atoms with van der Waals surface area (Å²) in [6, 6.07) is 0. The van der Waals surface area contributed by atoms with Crippen molar-refractivity contribution in [1.82, 2.24) is 0 Å². The van der Waals surface area contributed by atoms with E-state index >= 15 is 0 Å². The third-order valence-electron chi connectivity index (χ3n) is 3.65. The number of aliphatic hydroxyl groups excluding tert-OH is 1. The molecule has 0 rings (SSSR count). The van der Waals surface area contributed by atoms with E-state index in [4.69, 9.17) is 14.9 Å². The predicted molar refractivity (Wildman–Crippen MR) is 101 cm³/mol. The molecule has 6 nitrogen and oxygen atoms in total. The largest absolute Gasteiger partial charge is 1.00 e. The van der Waals surface area contributed by atoms with Crippen molar-refractivity contribution in [1.29, 1.82) is 0 Å². The zero-order valence-corrected chi connectivity index (χ0v) is 25.9. The first-order chi connectivity index (χ1) is 11.5. The maximum absolute atomic E-state index is 9.39. The van der Waals surface area contributed by atoms with Crippen molar-refractivity contribution < 1.29 is 121 Å². The van der Waals surface area contributed by atoms with Gasteiger partial charge in [0, 0.05) is 15.7 Å². The first kappa shape index (κ1) is 40.4. The Morgan fingerprint density at radius 2 is 0.889 bits per heavy atom. The molecule has 0 amide bonds. The van der Waals surface area contributed by atoms with Gasteiger partial charge in [-0.3, -0.25) is 0 Å². The smallest absolute Gasteiger partial charge is 1.00 e. The van der Waals surface area contributed by atoms with Crippen LogP contribution < -0.4 is 88.7 Å². The second-order valence-electron chi connectivity index (χ2n) is 5.88. The van der Waals surface area contributed by atoms with Crippen LogP contribution in [0.4, 0.5) is 0 Å². The van der Waals surface area contributed by atoms with E-state index in [0.29, 0.717) is 6.61 Å². The van der Waals surface area contributed by atoms with Crippen molar-refractivity contribution in [3.8, 4) is 0 Å². The fraction of sp³-hybridized carbons (Fsp3) is 1.00. The first-order valence-corrected chi connectivity index (χ1v) is 11.4. The van der Waals surface area contributed by atoms with Crippen molar-refractivity contribution in [2.24, 2.45) is 0 Å². The van der Waals surface area contributed by atoms with E-state index in [9.17, 15) is 9.13 Å². The monoisotopic (exact) mass is 458 g/mol. The van der Waals surface area contributed by atoms with Gasteiger partial charge in [-0.1, -0.05) is 90.4 Å². The summed E-state index contributed by atoms with van der Waals surface area (Å²) in [5.74, 6) is 0. The minimum Gasteiger partial charge on any atom is -1.00 e. The average molecular weight is 458 g/mol. The molecule has 3 N–H and O–H groups in total. The normalized spacial score (nSPS) is 10.4. The van der Waals surface area contributed by atoms with Gasteiger partial charge >= 0.3 is 105 Å². The Morgan fingerprint density at radius 3 is 1.07 bits per heavy atom. The Labute approximate surface area is 238 Å². The molecule has 2 atom stereocenters. The Hall–Kier alpha value is 3.04. The van der Waals surface area contributed by atoms with Crippen LogP contribution in [-0.2, 0) is 13.4 Å². The van der Waals surface area contributed by atoms with Crippen LogP contribution in [-0.4, -0.2) is 21.5 Å². The molecular formula is C16H39Na3O6P2+2. The van der Waals surface area contributed by atoms with Gasteiger partial charge in [0.25, 0.3) is 0 Å². The maximum Gasteiger partial charge on any atom is 1.00 e. The number of hydrogen-bond acceptors (Lipinski definition) is 4. The second-order valence-corrected chi connectivity index (χ2v) is 7.48. The number of hydrogen-bond donors (Lipinski definition) is 3. The summed E-state index contributed by atoms with van der Waals surface area (Å²) in [7, 11) is -5.85. The zero-order chi connectivity index (χ0) is 18.5. The molecule has 0 radical (unpaired) electrons. The van der Waals surface area contributed by atoms with Crippen LogP contribution in [0.5, 0.6) is 0 Å². The van der Waals surface area contributed by atoms with E-state index < -0.39 is 16.5 Å². The molecule has 0 aliphatic carbocycles. The van der Waals surface area contributed by atoms with Gasteiger partial charge in [0.1, 0.15) is 0 Å². The molecule has 0 bridgehead atoms. The van der Waals surface area contributed by atoms with Crippen LogP contribution in [0.3, 0.4) is 0 Å². The van der Waals surface area contributed by atoms with Gasteiger partial charge in [-0.15, -0.1) is 9.79 Å². The summed E-state index contributed by atoms with van der Waals surface area (Å²) >= 11 is 0. The van der Waals surface area contributed by atoms with Crippen molar-refractivity contribution in [3.05, 3.63) is 0 Å². The average Bonchev–Trinajstić information content (AvgIpc) is 2.51. The Balaban J connectivity index is -0.0000000547. The number of aliphatic hydroxyl groups is 1. The summed E-state index contributed by atoms with van der Waals surface area (Å²) in [4.78, 5) is 15.3. The van der Waals surface area contributed by atoms with E-state index in [-0.39, 0.29) is 93.0 Å². The van der Waals surface area contributed by atoms with Gasteiger partial charge in [0.05, 0.1) is 0 Å². The Kier molecular flexibility index (Phi) is 54.5. The molecule has 0 heterocycles. The summed E-state index contributed by atoms with van der Waals surface area (Å²) in [6.45, 7) is 2.65. The van der Waals surface area contributed by atoms with Crippen LogP contribution in [0.25, 0.3) is 0 Å². The molecule has 150 valence electrons. The molecule has 0 saturated carbocycles. The summed E-state index contributed by atoms with van der Waals surface area (Å²) < 4.78 is 22.2. The fourth-order valence-corrected chi connectivity index (χ4v) is 2.84. The van der Waals surface area contributed by atoms with Crippen molar-refractivity contribution >= 4 is 16.5 Å². The molecule has 0 aromatic carbocycles. The van der Waals surface area contributed by atoms with E-state index in [1.807, 2.05) is 0 Å². The zero-order valence-electron chi connectivity index (χ0n) is 21.1. The molecular weight excluding hydrogens is 419 g/mol. The SMILES string of the molecule is CCCCCCCCCCCCCCCCO.O=[P+](O)O[P+](=O)O.[H-].[H-].[H-].[Na+].[Na+].[Na+]. The standard InChI is InChI=1S/C16H34O.3Na.O5P2.3H/c1-2-3-4-5-6-7-8-9-10-11-12-13-14-15-16-17;;;;1-6(2)5-7(3)4;;;/h17H,2-16H2,1H3;;;;;;;/q;3*+1;;3*-1/p+2. The van der Waals surface area contributed by atoms with Gasteiger partial charge < -0.3 is 9.39 Å². The summed E-state index contributed by atoms with van der Waals surface area (Å²) in [5.41, 5.74) is 0. The molecule has 0 fully saturated rings. The van der Waals surface area contributed by atoms with Gasteiger partial charge in [-0.05, 0) is 6.42 Å². The van der Waals surface area contributed by atoms with E-state index in [1.165, 1.54) is 83.5 Å². The maximum atomic E-state index is 9.39. The van der Waals surface area contributed by atoms with Gasteiger partial charge in [0.15, 0.2) is 4.31 Å². The minimum atomic E-state index is -2.92. The molecule has 0 aliphatic heterocycles. The minimum absolute atomic E-state index is 0. The number of unbranched alkanes of at least 4 members (excludes halogenated alkanes) is 13. The molecule has 27 heavy (non-hydrogen) atoms. The predicted octanol–water partition coefficient (Wildman–Crippen LogP) is -2.89. The first-order valence-electron chi connectivity index (χ1n) is 9.15. The second kappa shape index (κ2) is 36.4. The molecule has 11 heteroatoms. The van der Waals surface area contributed by atoms with Crippen LogP contribution in [0.15, 0.2) is 0 Å². The molecule has 0 aliphatic rings. The van der Waals surface area contributed by atoms with Gasteiger partial charge in [0.2, 0.25) is 0 Å². The van der Waals surface area contributed by atoms with Gasteiger partial charge in [-0.25, -0.2) is 0 Å². The van der Waals surface area contributed by atoms with Gasteiger partial charge in [-0.2, -0.15) is 0 Å². The Bertz CT molecular complexity index is 291. The molecule has 0 aromatic heterocycles. The molecule has 2 unspecified atom stereocenters. The van der Waals surface area contributed by atoms with Crippen molar-refractivity contribution in [2.45, 2.75) is 96.8 Å². The molecule has 0 saturated heterocycles. The molecule has 0 aromatic rings. The fourth-order valence-electron chi connectivity index (χ4n) is 2.37. The van der Waals surface area contributed by atoms with Crippen LogP contribution in [0.2, 0.25) is 0 Å². The van der Waals surface area contributed by atoms with Crippen molar-refractivity contribution in [2.75, 3.05) is 6.61 Å². The van der Waals surface area contributed by atoms with Crippen LogP contribution >= 0.6 is 16.5 Å². The quantitative estimate of drug-likeness (QED) is 0.130.